The summed E-state index contributed by atoms with van der Waals surface area (Å²) in [4.78, 5) is 2.33. The number of benzene rings is 1. The average molecular weight is 286 g/mol. The molecular weight excluding hydrogens is 266 g/mol. The predicted octanol–water partition coefficient (Wildman–Crippen LogP) is 3.69. The van der Waals surface area contributed by atoms with Gasteiger partial charge >= 0.3 is 0 Å². The first-order chi connectivity index (χ1) is 7.67. The van der Waals surface area contributed by atoms with Gasteiger partial charge in [0.2, 0.25) is 0 Å². The quantitative estimate of drug-likeness (QED) is 0.790. The summed E-state index contributed by atoms with van der Waals surface area (Å²) in [5.74, 6) is 0.964. The third-order valence-corrected chi connectivity index (χ3v) is 3.07. The molecule has 0 unspecified atom stereocenters. The van der Waals surface area contributed by atoms with Crippen LogP contribution in [-0.2, 0) is 6.54 Å². The smallest absolute Gasteiger partial charge is 0.123 e. The third kappa shape index (κ3) is 4.14. The van der Waals surface area contributed by atoms with E-state index in [0.29, 0.717) is 0 Å². The fourth-order valence-electron chi connectivity index (χ4n) is 1.67. The summed E-state index contributed by atoms with van der Waals surface area (Å²) < 4.78 is 6.46. The van der Waals surface area contributed by atoms with E-state index in [2.05, 4.69) is 40.9 Å². The van der Waals surface area contributed by atoms with Crippen molar-refractivity contribution in [3.63, 3.8) is 0 Å². The summed E-state index contributed by atoms with van der Waals surface area (Å²) in [7, 11) is 3.87. The number of rotatable bonds is 6. The molecule has 0 fully saturated rings. The maximum Gasteiger partial charge on any atom is 0.123 e. The van der Waals surface area contributed by atoms with Gasteiger partial charge in [-0.05, 0) is 38.2 Å². The third-order valence-electron chi connectivity index (χ3n) is 2.58. The van der Waals surface area contributed by atoms with Crippen molar-refractivity contribution in [3.05, 3.63) is 28.2 Å². The molecule has 90 valence electrons. The van der Waals surface area contributed by atoms with E-state index in [-0.39, 0.29) is 0 Å². The minimum atomic E-state index is 0.933. The second-order valence-corrected chi connectivity index (χ2v) is 4.96. The molecule has 0 aliphatic rings. The van der Waals surface area contributed by atoms with Gasteiger partial charge in [-0.15, -0.1) is 0 Å². The van der Waals surface area contributed by atoms with Gasteiger partial charge in [0.15, 0.2) is 0 Å². The van der Waals surface area contributed by atoms with Crippen LogP contribution in [0.5, 0.6) is 5.75 Å². The van der Waals surface area contributed by atoms with Crippen molar-refractivity contribution in [1.29, 1.82) is 0 Å². The minimum absolute atomic E-state index is 0.933. The molecule has 2 nitrogen and oxygen atoms in total. The van der Waals surface area contributed by atoms with Crippen LogP contribution in [0.3, 0.4) is 0 Å². The molecule has 0 radical (unpaired) electrons. The minimum Gasteiger partial charge on any atom is -0.496 e. The molecule has 0 aromatic heterocycles. The second-order valence-electron chi connectivity index (χ2n) is 4.05. The van der Waals surface area contributed by atoms with Crippen molar-refractivity contribution >= 4 is 15.9 Å². The largest absolute Gasteiger partial charge is 0.496 e. The van der Waals surface area contributed by atoms with Crippen molar-refractivity contribution in [2.75, 3.05) is 20.7 Å². The molecule has 1 aromatic rings. The SMILES string of the molecule is CCCCN(C)Cc1cc(Br)ccc1OC. The van der Waals surface area contributed by atoms with Crippen molar-refractivity contribution in [2.24, 2.45) is 0 Å². The van der Waals surface area contributed by atoms with Gasteiger partial charge in [0.05, 0.1) is 7.11 Å². The summed E-state index contributed by atoms with van der Waals surface area (Å²) in [6, 6.07) is 6.14. The number of halogens is 1. The van der Waals surface area contributed by atoms with Crippen LogP contribution >= 0.6 is 15.9 Å². The molecule has 0 spiro atoms. The Bertz CT molecular complexity index is 328. The maximum absolute atomic E-state index is 5.36. The van der Waals surface area contributed by atoms with Crippen molar-refractivity contribution in [1.82, 2.24) is 4.90 Å². The van der Waals surface area contributed by atoms with Gasteiger partial charge in [-0.1, -0.05) is 29.3 Å². The van der Waals surface area contributed by atoms with E-state index in [0.717, 1.165) is 23.3 Å². The van der Waals surface area contributed by atoms with Crippen LogP contribution in [0.25, 0.3) is 0 Å². The molecule has 0 atom stereocenters. The maximum atomic E-state index is 5.36. The highest BCUT2D eigenvalue weighted by atomic mass is 79.9. The molecule has 0 aliphatic carbocycles. The van der Waals surface area contributed by atoms with Crippen LogP contribution in [-0.4, -0.2) is 25.6 Å². The first-order valence-corrected chi connectivity index (χ1v) is 6.47. The number of unbranched alkanes of at least 4 members (excludes halogenated alkanes) is 1. The summed E-state index contributed by atoms with van der Waals surface area (Å²) >= 11 is 3.49. The zero-order valence-electron chi connectivity index (χ0n) is 10.3. The lowest BCUT2D eigenvalue weighted by molar-refractivity contribution is 0.312. The fraction of sp³-hybridized carbons (Fsp3) is 0.538. The van der Waals surface area contributed by atoms with Gasteiger partial charge in [-0.25, -0.2) is 0 Å². The van der Waals surface area contributed by atoms with E-state index < -0.39 is 0 Å². The highest BCUT2D eigenvalue weighted by Crippen LogP contribution is 2.24. The first kappa shape index (κ1) is 13.5. The average Bonchev–Trinajstić information content (AvgIpc) is 2.27. The molecule has 1 aromatic carbocycles. The summed E-state index contributed by atoms with van der Waals surface area (Å²) in [6.07, 6.45) is 2.48. The molecule has 0 saturated heterocycles. The summed E-state index contributed by atoms with van der Waals surface area (Å²) in [5.41, 5.74) is 1.23. The predicted molar refractivity (Wildman–Crippen MR) is 71.9 cm³/mol. The lowest BCUT2D eigenvalue weighted by atomic mass is 10.2. The standard InChI is InChI=1S/C13H20BrNO/c1-4-5-8-15(2)10-11-9-12(14)6-7-13(11)16-3/h6-7,9H,4-5,8,10H2,1-3H3. The van der Waals surface area contributed by atoms with Crippen molar-refractivity contribution < 1.29 is 4.74 Å². The second kappa shape index (κ2) is 6.92. The molecule has 16 heavy (non-hydrogen) atoms. The number of nitrogens with zero attached hydrogens (tertiary/aromatic N) is 1. The Morgan fingerprint density at radius 3 is 2.75 bits per heavy atom. The Hall–Kier alpha value is -0.540. The lowest BCUT2D eigenvalue weighted by Crippen LogP contribution is -2.19. The Labute approximate surface area is 107 Å². The van der Waals surface area contributed by atoms with E-state index in [4.69, 9.17) is 4.74 Å². The van der Waals surface area contributed by atoms with Gasteiger partial charge in [0, 0.05) is 16.6 Å². The molecule has 3 heteroatoms. The van der Waals surface area contributed by atoms with Crippen LogP contribution in [0.1, 0.15) is 25.3 Å². The zero-order valence-corrected chi connectivity index (χ0v) is 11.9. The van der Waals surface area contributed by atoms with E-state index in [9.17, 15) is 0 Å². The molecule has 0 N–H and O–H groups in total. The zero-order chi connectivity index (χ0) is 12.0. The van der Waals surface area contributed by atoms with E-state index in [1.165, 1.54) is 18.4 Å². The number of hydrogen-bond acceptors (Lipinski definition) is 2. The molecule has 0 saturated carbocycles. The monoisotopic (exact) mass is 285 g/mol. The lowest BCUT2D eigenvalue weighted by Gasteiger charge is -2.18. The molecule has 0 heterocycles. The molecule has 0 bridgehead atoms. The Balaban J connectivity index is 2.67. The van der Waals surface area contributed by atoms with Gasteiger partial charge in [-0.2, -0.15) is 0 Å². The van der Waals surface area contributed by atoms with E-state index in [1.54, 1.807) is 7.11 Å². The first-order valence-electron chi connectivity index (χ1n) is 5.68. The van der Waals surface area contributed by atoms with Gasteiger partial charge < -0.3 is 9.64 Å². The molecule has 0 amide bonds. The molecule has 0 aliphatic heterocycles. The highest BCUT2D eigenvalue weighted by Gasteiger charge is 2.06. The highest BCUT2D eigenvalue weighted by molar-refractivity contribution is 9.10. The van der Waals surface area contributed by atoms with Crippen LogP contribution < -0.4 is 4.74 Å². The van der Waals surface area contributed by atoms with Gasteiger partial charge in [0.25, 0.3) is 0 Å². The van der Waals surface area contributed by atoms with Crippen LogP contribution in [0.4, 0.5) is 0 Å². The topological polar surface area (TPSA) is 12.5 Å². The van der Waals surface area contributed by atoms with Gasteiger partial charge in [0.1, 0.15) is 5.75 Å². The fourth-order valence-corrected chi connectivity index (χ4v) is 2.08. The normalized spacial score (nSPS) is 10.8. The van der Waals surface area contributed by atoms with Crippen LogP contribution in [0.15, 0.2) is 22.7 Å². The van der Waals surface area contributed by atoms with E-state index in [1.807, 2.05) is 12.1 Å². The number of hydrogen-bond donors (Lipinski definition) is 0. The number of methoxy groups -OCH3 is 1. The molecular formula is C13H20BrNO. The van der Waals surface area contributed by atoms with Crippen LogP contribution in [0.2, 0.25) is 0 Å². The Morgan fingerprint density at radius 1 is 1.38 bits per heavy atom. The van der Waals surface area contributed by atoms with Crippen LogP contribution in [0, 0.1) is 0 Å². The summed E-state index contributed by atoms with van der Waals surface area (Å²) in [5, 5.41) is 0. The Morgan fingerprint density at radius 2 is 2.12 bits per heavy atom. The van der Waals surface area contributed by atoms with Crippen molar-refractivity contribution in [3.8, 4) is 5.75 Å². The van der Waals surface area contributed by atoms with Crippen molar-refractivity contribution in [2.45, 2.75) is 26.3 Å². The summed E-state index contributed by atoms with van der Waals surface area (Å²) in [6.45, 7) is 4.28. The number of ether oxygens (including phenoxy) is 1. The molecule has 1 rings (SSSR count). The van der Waals surface area contributed by atoms with Gasteiger partial charge in [-0.3, -0.25) is 0 Å². The Kier molecular flexibility index (Phi) is 5.85. The van der Waals surface area contributed by atoms with E-state index >= 15 is 0 Å².